The number of hydrogen-bond acceptors (Lipinski definition) is 3. The highest BCUT2D eigenvalue weighted by atomic mass is 32.1. The topological polar surface area (TPSA) is 23.6 Å². The van der Waals surface area contributed by atoms with Crippen LogP contribution in [0, 0.1) is 11.7 Å². The summed E-state index contributed by atoms with van der Waals surface area (Å²) in [4.78, 5) is 18.2. The molecule has 138 valence electrons. The Labute approximate surface area is 158 Å². The zero-order valence-corrected chi connectivity index (χ0v) is 15.8. The van der Waals surface area contributed by atoms with Gasteiger partial charge in [-0.1, -0.05) is 24.6 Å². The molecule has 1 aromatic heterocycles. The second-order valence-corrected chi connectivity index (χ2v) is 8.37. The third-order valence-electron chi connectivity index (χ3n) is 5.77. The Morgan fingerprint density at radius 3 is 2.77 bits per heavy atom. The highest BCUT2D eigenvalue weighted by molar-refractivity contribution is 7.12. The van der Waals surface area contributed by atoms with E-state index in [2.05, 4.69) is 9.80 Å². The van der Waals surface area contributed by atoms with Gasteiger partial charge in [0.1, 0.15) is 5.82 Å². The molecule has 0 spiro atoms. The van der Waals surface area contributed by atoms with Gasteiger partial charge in [0.15, 0.2) is 0 Å². The molecule has 2 atom stereocenters. The number of fused-ring (bicyclic) bond motifs is 1. The lowest BCUT2D eigenvalue weighted by atomic mass is 9.98. The fraction of sp³-hybridized carbons (Fsp3) is 0.476. The minimum atomic E-state index is -0.179. The molecular formula is C21H25FN2OS. The number of carbonyl (C=O) groups excluding carboxylic acids is 1. The summed E-state index contributed by atoms with van der Waals surface area (Å²) in [6.45, 7) is 3.80. The zero-order valence-electron chi connectivity index (χ0n) is 14.9. The lowest BCUT2D eigenvalue weighted by Gasteiger charge is -2.30. The molecule has 2 saturated heterocycles. The van der Waals surface area contributed by atoms with E-state index < -0.39 is 0 Å². The Kier molecular flexibility index (Phi) is 5.36. The fourth-order valence-corrected chi connectivity index (χ4v) is 5.05. The molecule has 2 aromatic rings. The molecule has 26 heavy (non-hydrogen) atoms. The fourth-order valence-electron chi connectivity index (χ4n) is 4.36. The van der Waals surface area contributed by atoms with Crippen molar-refractivity contribution in [1.82, 2.24) is 9.80 Å². The van der Waals surface area contributed by atoms with Gasteiger partial charge in [0.2, 0.25) is 0 Å². The van der Waals surface area contributed by atoms with Gasteiger partial charge in [-0.05, 0) is 60.9 Å². The molecule has 0 N–H and O–H groups in total. The Balaban J connectivity index is 1.42. The summed E-state index contributed by atoms with van der Waals surface area (Å²) in [6, 6.07) is 11.2. The van der Waals surface area contributed by atoms with E-state index >= 15 is 0 Å². The SMILES string of the molecule is O=C(c1cccs1)N1C[C@@H]2CCCCN(CCc3ccc(F)cc3)[C@@H]2C1. The van der Waals surface area contributed by atoms with Crippen LogP contribution in [0.2, 0.25) is 0 Å². The van der Waals surface area contributed by atoms with Crippen LogP contribution in [0.4, 0.5) is 4.39 Å². The molecule has 5 heteroatoms. The summed E-state index contributed by atoms with van der Waals surface area (Å²) >= 11 is 1.53. The van der Waals surface area contributed by atoms with Crippen molar-refractivity contribution in [3.63, 3.8) is 0 Å². The number of carbonyl (C=O) groups is 1. The second-order valence-electron chi connectivity index (χ2n) is 7.42. The number of amides is 1. The van der Waals surface area contributed by atoms with Gasteiger partial charge in [0, 0.05) is 25.7 Å². The number of likely N-dealkylation sites (tertiary alicyclic amines) is 2. The van der Waals surface area contributed by atoms with Crippen LogP contribution in [-0.4, -0.2) is 47.9 Å². The smallest absolute Gasteiger partial charge is 0.263 e. The van der Waals surface area contributed by atoms with E-state index in [1.807, 2.05) is 29.6 Å². The molecule has 0 unspecified atom stereocenters. The van der Waals surface area contributed by atoms with Crippen molar-refractivity contribution in [1.29, 1.82) is 0 Å². The van der Waals surface area contributed by atoms with Crippen LogP contribution in [0.15, 0.2) is 41.8 Å². The summed E-state index contributed by atoms with van der Waals surface area (Å²) in [5, 5.41) is 1.97. The van der Waals surface area contributed by atoms with Crippen molar-refractivity contribution in [2.45, 2.75) is 31.7 Å². The van der Waals surface area contributed by atoms with E-state index in [4.69, 9.17) is 0 Å². The van der Waals surface area contributed by atoms with Crippen LogP contribution in [-0.2, 0) is 6.42 Å². The highest BCUT2D eigenvalue weighted by Crippen LogP contribution is 2.31. The van der Waals surface area contributed by atoms with Gasteiger partial charge >= 0.3 is 0 Å². The van der Waals surface area contributed by atoms with E-state index in [1.165, 1.54) is 48.3 Å². The minimum Gasteiger partial charge on any atom is -0.336 e. The highest BCUT2D eigenvalue weighted by Gasteiger charge is 2.39. The van der Waals surface area contributed by atoms with E-state index in [1.54, 1.807) is 0 Å². The van der Waals surface area contributed by atoms with E-state index in [0.29, 0.717) is 12.0 Å². The second kappa shape index (κ2) is 7.89. The zero-order chi connectivity index (χ0) is 17.9. The summed E-state index contributed by atoms with van der Waals surface area (Å²) in [6.07, 6.45) is 4.62. The average molecular weight is 373 g/mol. The van der Waals surface area contributed by atoms with Crippen LogP contribution < -0.4 is 0 Å². The Morgan fingerprint density at radius 2 is 2.00 bits per heavy atom. The number of rotatable bonds is 4. The van der Waals surface area contributed by atoms with Crippen molar-refractivity contribution < 1.29 is 9.18 Å². The largest absolute Gasteiger partial charge is 0.336 e. The van der Waals surface area contributed by atoms with E-state index in [-0.39, 0.29) is 11.7 Å². The third-order valence-corrected chi connectivity index (χ3v) is 6.62. The molecule has 2 aliphatic heterocycles. The number of benzene rings is 1. The Bertz CT molecular complexity index is 731. The predicted molar refractivity (Wildman–Crippen MR) is 103 cm³/mol. The first-order chi connectivity index (χ1) is 12.7. The summed E-state index contributed by atoms with van der Waals surface area (Å²) in [5.41, 5.74) is 1.18. The first-order valence-electron chi connectivity index (χ1n) is 9.52. The molecule has 3 nitrogen and oxygen atoms in total. The number of halogens is 1. The minimum absolute atomic E-state index is 0.179. The molecule has 0 saturated carbocycles. The summed E-state index contributed by atoms with van der Waals surface area (Å²) < 4.78 is 13.1. The van der Waals surface area contributed by atoms with Gasteiger partial charge in [-0.3, -0.25) is 9.69 Å². The molecule has 1 aromatic carbocycles. The first kappa shape index (κ1) is 17.7. The molecular weight excluding hydrogens is 347 g/mol. The number of thiophene rings is 1. The van der Waals surface area contributed by atoms with Gasteiger partial charge in [-0.2, -0.15) is 0 Å². The molecule has 4 rings (SSSR count). The van der Waals surface area contributed by atoms with Crippen molar-refractivity contribution in [2.75, 3.05) is 26.2 Å². The first-order valence-corrected chi connectivity index (χ1v) is 10.4. The monoisotopic (exact) mass is 372 g/mol. The Morgan fingerprint density at radius 1 is 1.15 bits per heavy atom. The molecule has 0 radical (unpaired) electrons. The van der Waals surface area contributed by atoms with Gasteiger partial charge in [-0.25, -0.2) is 4.39 Å². The predicted octanol–water partition coefficient (Wildman–Crippen LogP) is 4.06. The van der Waals surface area contributed by atoms with Crippen LogP contribution in [0.25, 0.3) is 0 Å². The van der Waals surface area contributed by atoms with E-state index in [9.17, 15) is 9.18 Å². The number of hydrogen-bond donors (Lipinski definition) is 0. The van der Waals surface area contributed by atoms with Crippen molar-refractivity contribution >= 4 is 17.2 Å². The van der Waals surface area contributed by atoms with Crippen molar-refractivity contribution in [3.05, 3.63) is 58.0 Å². The maximum absolute atomic E-state index is 13.1. The maximum atomic E-state index is 13.1. The molecule has 0 aliphatic carbocycles. The molecule has 2 fully saturated rings. The maximum Gasteiger partial charge on any atom is 0.263 e. The quantitative estimate of drug-likeness (QED) is 0.808. The summed E-state index contributed by atoms with van der Waals surface area (Å²) in [7, 11) is 0. The van der Waals surface area contributed by atoms with Crippen molar-refractivity contribution in [2.24, 2.45) is 5.92 Å². The van der Waals surface area contributed by atoms with Gasteiger partial charge in [0.25, 0.3) is 5.91 Å². The van der Waals surface area contributed by atoms with Crippen LogP contribution in [0.3, 0.4) is 0 Å². The lowest BCUT2D eigenvalue weighted by molar-refractivity contribution is 0.0779. The lowest BCUT2D eigenvalue weighted by Crippen LogP contribution is -2.42. The Hall–Kier alpha value is -1.72. The van der Waals surface area contributed by atoms with Crippen LogP contribution in [0.5, 0.6) is 0 Å². The van der Waals surface area contributed by atoms with Crippen LogP contribution >= 0.6 is 11.3 Å². The summed E-state index contributed by atoms with van der Waals surface area (Å²) in [5.74, 6) is 0.586. The average Bonchev–Trinajstić information content (AvgIpc) is 3.29. The van der Waals surface area contributed by atoms with Gasteiger partial charge in [-0.15, -0.1) is 11.3 Å². The van der Waals surface area contributed by atoms with Gasteiger partial charge in [0.05, 0.1) is 4.88 Å². The molecule has 3 heterocycles. The number of nitrogens with zero attached hydrogens (tertiary/aromatic N) is 2. The molecule has 0 bridgehead atoms. The van der Waals surface area contributed by atoms with Crippen LogP contribution in [0.1, 0.15) is 34.5 Å². The van der Waals surface area contributed by atoms with Crippen molar-refractivity contribution in [3.8, 4) is 0 Å². The third kappa shape index (κ3) is 3.84. The van der Waals surface area contributed by atoms with Gasteiger partial charge < -0.3 is 4.90 Å². The standard InChI is InChI=1S/C21H25FN2OS/c22-18-8-6-16(7-9-18)10-12-23-11-2-1-4-17-14-24(15-19(17)23)21(25)20-5-3-13-26-20/h3,5-9,13,17,19H,1-2,4,10-12,14-15H2/t17-,19+/m0/s1. The molecule has 2 aliphatic rings. The van der Waals surface area contributed by atoms with E-state index in [0.717, 1.165) is 37.5 Å². The normalized spacial score (nSPS) is 23.7. The molecule has 1 amide bonds.